The zero-order valence-electron chi connectivity index (χ0n) is 11.0. The van der Waals surface area contributed by atoms with Gasteiger partial charge in [0.05, 0.1) is 12.0 Å². The zero-order chi connectivity index (χ0) is 13.1. The van der Waals surface area contributed by atoms with Gasteiger partial charge in [-0.15, -0.1) is 0 Å². The van der Waals surface area contributed by atoms with Gasteiger partial charge in [0, 0.05) is 26.7 Å². The van der Waals surface area contributed by atoms with Crippen molar-refractivity contribution in [1.29, 1.82) is 0 Å². The number of hydrogen-bond acceptors (Lipinski definition) is 3. The fraction of sp³-hybridized carbons (Fsp3) is 0.833. The third kappa shape index (κ3) is 2.97. The number of hydrogen-bond donors (Lipinski definition) is 1. The molecule has 2 N–H and O–H groups in total. The molecule has 1 aliphatic heterocycles. The number of carbonyl (C=O) groups is 2. The molecule has 98 valence electrons. The van der Waals surface area contributed by atoms with E-state index in [9.17, 15) is 9.59 Å². The summed E-state index contributed by atoms with van der Waals surface area (Å²) in [5, 5.41) is 0. The van der Waals surface area contributed by atoms with E-state index in [1.54, 1.807) is 16.8 Å². The van der Waals surface area contributed by atoms with Crippen LogP contribution in [0.2, 0.25) is 0 Å². The van der Waals surface area contributed by atoms with Crippen molar-refractivity contribution >= 4 is 11.8 Å². The summed E-state index contributed by atoms with van der Waals surface area (Å²) < 4.78 is 0. The molecule has 0 aromatic carbocycles. The number of rotatable bonds is 3. The molecule has 1 fully saturated rings. The maximum Gasteiger partial charge on any atom is 0.241 e. The Hall–Kier alpha value is -1.10. The minimum absolute atomic E-state index is 0.00569. The quantitative estimate of drug-likeness (QED) is 0.759. The van der Waals surface area contributed by atoms with E-state index in [-0.39, 0.29) is 18.4 Å². The topological polar surface area (TPSA) is 66.6 Å². The number of carbonyl (C=O) groups excluding carboxylic acids is 2. The van der Waals surface area contributed by atoms with Gasteiger partial charge in [-0.2, -0.15) is 0 Å². The fourth-order valence-corrected chi connectivity index (χ4v) is 1.92. The zero-order valence-corrected chi connectivity index (χ0v) is 11.0. The molecule has 1 unspecified atom stereocenters. The molecule has 0 saturated carbocycles. The van der Waals surface area contributed by atoms with Gasteiger partial charge < -0.3 is 15.5 Å². The van der Waals surface area contributed by atoms with Crippen molar-refractivity contribution in [2.24, 2.45) is 11.1 Å². The van der Waals surface area contributed by atoms with E-state index in [4.69, 9.17) is 5.73 Å². The Balaban J connectivity index is 2.78. The van der Waals surface area contributed by atoms with Crippen LogP contribution < -0.4 is 5.73 Å². The lowest BCUT2D eigenvalue weighted by atomic mass is 9.86. The minimum atomic E-state index is -0.539. The van der Waals surface area contributed by atoms with E-state index >= 15 is 0 Å². The Morgan fingerprint density at radius 3 is 2.65 bits per heavy atom. The van der Waals surface area contributed by atoms with Crippen molar-refractivity contribution in [3.05, 3.63) is 0 Å². The SMILES string of the molecule is CCC(C)(CN)C(=O)N1CCCN(C)C(=O)C1. The summed E-state index contributed by atoms with van der Waals surface area (Å²) in [5.74, 6) is 0.0116. The Labute approximate surface area is 103 Å². The van der Waals surface area contributed by atoms with Crippen LogP contribution in [0.5, 0.6) is 0 Å². The van der Waals surface area contributed by atoms with E-state index in [0.717, 1.165) is 6.42 Å². The van der Waals surface area contributed by atoms with Gasteiger partial charge in [-0.1, -0.05) is 6.92 Å². The molecule has 0 bridgehead atoms. The Morgan fingerprint density at radius 1 is 1.47 bits per heavy atom. The second-order valence-electron chi connectivity index (χ2n) is 5.01. The monoisotopic (exact) mass is 241 g/mol. The van der Waals surface area contributed by atoms with Crippen molar-refractivity contribution in [3.8, 4) is 0 Å². The minimum Gasteiger partial charge on any atom is -0.344 e. The summed E-state index contributed by atoms with van der Waals surface area (Å²) in [7, 11) is 1.78. The van der Waals surface area contributed by atoms with Crippen LogP contribution in [-0.2, 0) is 9.59 Å². The van der Waals surface area contributed by atoms with Crippen molar-refractivity contribution < 1.29 is 9.59 Å². The average Bonchev–Trinajstić information content (AvgIpc) is 2.50. The molecule has 5 nitrogen and oxygen atoms in total. The van der Waals surface area contributed by atoms with Gasteiger partial charge in [-0.05, 0) is 19.8 Å². The van der Waals surface area contributed by atoms with Crippen LogP contribution in [0.1, 0.15) is 26.7 Å². The van der Waals surface area contributed by atoms with Crippen LogP contribution in [0, 0.1) is 5.41 Å². The van der Waals surface area contributed by atoms with E-state index < -0.39 is 5.41 Å². The van der Waals surface area contributed by atoms with Crippen LogP contribution in [0.15, 0.2) is 0 Å². The molecule has 0 aromatic rings. The van der Waals surface area contributed by atoms with Gasteiger partial charge in [0.15, 0.2) is 0 Å². The highest BCUT2D eigenvalue weighted by molar-refractivity contribution is 5.88. The van der Waals surface area contributed by atoms with Crippen LogP contribution in [0.25, 0.3) is 0 Å². The van der Waals surface area contributed by atoms with Gasteiger partial charge in [-0.25, -0.2) is 0 Å². The first kappa shape index (κ1) is 14.0. The van der Waals surface area contributed by atoms with Crippen LogP contribution in [0.4, 0.5) is 0 Å². The lowest BCUT2D eigenvalue weighted by molar-refractivity contribution is -0.144. The molecule has 5 heteroatoms. The fourth-order valence-electron chi connectivity index (χ4n) is 1.92. The third-order valence-corrected chi connectivity index (χ3v) is 3.71. The number of likely N-dealkylation sites (N-methyl/N-ethyl adjacent to an activating group) is 1. The third-order valence-electron chi connectivity index (χ3n) is 3.71. The van der Waals surface area contributed by atoms with E-state index in [0.29, 0.717) is 26.1 Å². The van der Waals surface area contributed by atoms with Crippen molar-refractivity contribution in [1.82, 2.24) is 9.80 Å². The van der Waals surface area contributed by atoms with Crippen LogP contribution >= 0.6 is 0 Å². The predicted octanol–water partition coefficient (Wildman–Crippen LogP) is 0.0521. The smallest absolute Gasteiger partial charge is 0.241 e. The molecule has 0 aliphatic carbocycles. The molecule has 2 amide bonds. The van der Waals surface area contributed by atoms with Crippen LogP contribution in [-0.4, -0.2) is 54.8 Å². The standard InChI is InChI=1S/C12H23N3O2/c1-4-12(2,9-13)11(17)15-7-5-6-14(3)10(16)8-15/h4-9,13H2,1-3H3. The molecule has 1 rings (SSSR count). The molecule has 0 aromatic heterocycles. The molecule has 1 heterocycles. The second kappa shape index (κ2) is 5.49. The van der Waals surface area contributed by atoms with Gasteiger partial charge >= 0.3 is 0 Å². The second-order valence-corrected chi connectivity index (χ2v) is 5.01. The highest BCUT2D eigenvalue weighted by Crippen LogP contribution is 2.23. The summed E-state index contributed by atoms with van der Waals surface area (Å²) >= 11 is 0. The molecule has 0 radical (unpaired) electrons. The molecule has 1 saturated heterocycles. The predicted molar refractivity (Wildman–Crippen MR) is 66.3 cm³/mol. The molecule has 17 heavy (non-hydrogen) atoms. The lowest BCUT2D eigenvalue weighted by Crippen LogP contribution is -2.48. The summed E-state index contributed by atoms with van der Waals surface area (Å²) in [6.07, 6.45) is 1.53. The molecular formula is C12H23N3O2. The molecule has 1 atom stereocenters. The Morgan fingerprint density at radius 2 is 2.12 bits per heavy atom. The molecule has 0 spiro atoms. The van der Waals surface area contributed by atoms with Crippen LogP contribution in [0.3, 0.4) is 0 Å². The van der Waals surface area contributed by atoms with Gasteiger partial charge in [0.1, 0.15) is 0 Å². The van der Waals surface area contributed by atoms with Crippen molar-refractivity contribution in [3.63, 3.8) is 0 Å². The number of nitrogens with two attached hydrogens (primary N) is 1. The lowest BCUT2D eigenvalue weighted by Gasteiger charge is -2.31. The first-order chi connectivity index (χ1) is 7.94. The molecule has 1 aliphatic rings. The Bertz CT molecular complexity index is 300. The summed E-state index contributed by atoms with van der Waals surface area (Å²) in [5.41, 5.74) is 5.14. The largest absolute Gasteiger partial charge is 0.344 e. The van der Waals surface area contributed by atoms with Gasteiger partial charge in [0.2, 0.25) is 11.8 Å². The maximum atomic E-state index is 12.4. The number of nitrogens with zero attached hydrogens (tertiary/aromatic N) is 2. The highest BCUT2D eigenvalue weighted by Gasteiger charge is 2.35. The summed E-state index contributed by atoms with van der Waals surface area (Å²) in [4.78, 5) is 27.4. The van der Waals surface area contributed by atoms with E-state index in [2.05, 4.69) is 0 Å². The van der Waals surface area contributed by atoms with Gasteiger partial charge in [0.25, 0.3) is 0 Å². The molecular weight excluding hydrogens is 218 g/mol. The summed E-state index contributed by atoms with van der Waals surface area (Å²) in [6.45, 7) is 5.69. The normalized spacial score (nSPS) is 21.1. The maximum absolute atomic E-state index is 12.4. The Kier molecular flexibility index (Phi) is 4.51. The van der Waals surface area contributed by atoms with Gasteiger partial charge in [-0.3, -0.25) is 9.59 Å². The van der Waals surface area contributed by atoms with Crippen molar-refractivity contribution in [2.75, 3.05) is 33.2 Å². The number of amides is 2. The average molecular weight is 241 g/mol. The van der Waals surface area contributed by atoms with Crippen molar-refractivity contribution in [2.45, 2.75) is 26.7 Å². The van der Waals surface area contributed by atoms with E-state index in [1.807, 2.05) is 13.8 Å². The first-order valence-electron chi connectivity index (χ1n) is 6.18. The summed E-state index contributed by atoms with van der Waals surface area (Å²) in [6, 6.07) is 0. The first-order valence-corrected chi connectivity index (χ1v) is 6.18. The highest BCUT2D eigenvalue weighted by atomic mass is 16.2. The van der Waals surface area contributed by atoms with E-state index in [1.165, 1.54) is 0 Å².